The highest BCUT2D eigenvalue weighted by atomic mass is 35.5. The lowest BCUT2D eigenvalue weighted by atomic mass is 10.1. The summed E-state index contributed by atoms with van der Waals surface area (Å²) < 4.78 is 1.43. The first-order chi connectivity index (χ1) is 11.5. The Labute approximate surface area is 148 Å². The van der Waals surface area contributed by atoms with Crippen molar-refractivity contribution in [2.45, 2.75) is 13.5 Å². The van der Waals surface area contributed by atoms with Crippen LogP contribution in [0.1, 0.15) is 5.56 Å². The van der Waals surface area contributed by atoms with Gasteiger partial charge >= 0.3 is 0 Å². The monoisotopic (exact) mass is 361 g/mol. The summed E-state index contributed by atoms with van der Waals surface area (Å²) in [6, 6.07) is 12.6. The minimum atomic E-state index is -0.292. The fourth-order valence-electron chi connectivity index (χ4n) is 2.14. The van der Waals surface area contributed by atoms with Gasteiger partial charge in [-0.15, -0.1) is 5.10 Å². The van der Waals surface area contributed by atoms with Crippen LogP contribution in [-0.2, 0) is 11.3 Å². The van der Waals surface area contributed by atoms with Gasteiger partial charge in [-0.2, -0.15) is 0 Å². The van der Waals surface area contributed by atoms with Crippen LogP contribution in [0.2, 0.25) is 10.0 Å². The van der Waals surface area contributed by atoms with Crippen LogP contribution in [0.15, 0.2) is 42.5 Å². The Morgan fingerprint density at radius 2 is 1.92 bits per heavy atom. The highest BCUT2D eigenvalue weighted by molar-refractivity contribution is 6.36. The Balaban J connectivity index is 1.76. The van der Waals surface area contributed by atoms with E-state index >= 15 is 0 Å². The molecule has 3 aromatic rings. The van der Waals surface area contributed by atoms with Crippen molar-refractivity contribution in [1.29, 1.82) is 0 Å². The van der Waals surface area contributed by atoms with Gasteiger partial charge in [0.25, 0.3) is 0 Å². The Morgan fingerprint density at radius 1 is 1.17 bits per heavy atom. The Kier molecular flexibility index (Phi) is 4.78. The minimum absolute atomic E-state index is 0.0326. The topological polar surface area (TPSA) is 72.7 Å². The summed E-state index contributed by atoms with van der Waals surface area (Å²) in [4.78, 5) is 12.2. The number of amides is 1. The summed E-state index contributed by atoms with van der Waals surface area (Å²) in [5, 5.41) is 15.1. The Hall–Kier alpha value is -2.44. The molecule has 1 aromatic heterocycles. The summed E-state index contributed by atoms with van der Waals surface area (Å²) in [5.74, 6) is 0.229. The normalized spacial score (nSPS) is 10.6. The van der Waals surface area contributed by atoms with E-state index in [2.05, 4.69) is 20.8 Å². The number of nitrogens with one attached hydrogen (secondary N) is 1. The molecule has 1 amide bonds. The molecule has 2 aromatic carbocycles. The molecule has 0 radical (unpaired) electrons. The van der Waals surface area contributed by atoms with E-state index in [1.807, 2.05) is 31.2 Å². The third-order valence-electron chi connectivity index (χ3n) is 3.34. The van der Waals surface area contributed by atoms with Crippen molar-refractivity contribution in [2.24, 2.45) is 0 Å². The molecular formula is C16H13Cl2N5O. The standard InChI is InChI=1S/C16H13Cl2N5O/c1-10-2-4-11(5-3-10)16-20-21-22-23(16)9-15(24)19-14-7-6-12(17)8-13(14)18/h2-8H,9H2,1H3,(H,19,24). The van der Waals surface area contributed by atoms with E-state index in [1.54, 1.807) is 18.2 Å². The average Bonchev–Trinajstić information content (AvgIpc) is 2.99. The van der Waals surface area contributed by atoms with Gasteiger partial charge in [0, 0.05) is 10.6 Å². The van der Waals surface area contributed by atoms with Gasteiger partial charge in [0.2, 0.25) is 5.91 Å². The van der Waals surface area contributed by atoms with Gasteiger partial charge < -0.3 is 5.32 Å². The molecule has 0 saturated carbocycles. The number of nitrogens with zero attached hydrogens (tertiary/aromatic N) is 4. The van der Waals surface area contributed by atoms with Crippen LogP contribution in [0, 0.1) is 6.92 Å². The summed E-state index contributed by atoms with van der Waals surface area (Å²) in [6.07, 6.45) is 0. The lowest BCUT2D eigenvalue weighted by Crippen LogP contribution is -2.20. The van der Waals surface area contributed by atoms with E-state index in [9.17, 15) is 4.79 Å². The van der Waals surface area contributed by atoms with Gasteiger partial charge in [0.05, 0.1) is 10.7 Å². The van der Waals surface area contributed by atoms with E-state index < -0.39 is 0 Å². The summed E-state index contributed by atoms with van der Waals surface area (Å²) >= 11 is 11.9. The zero-order valence-electron chi connectivity index (χ0n) is 12.7. The number of carbonyl (C=O) groups is 1. The Bertz CT molecular complexity index is 876. The van der Waals surface area contributed by atoms with E-state index in [0.29, 0.717) is 21.6 Å². The van der Waals surface area contributed by atoms with Crippen LogP contribution < -0.4 is 5.32 Å². The molecule has 0 aliphatic heterocycles. The molecule has 0 unspecified atom stereocenters. The average molecular weight is 362 g/mol. The molecule has 0 spiro atoms. The molecule has 3 rings (SSSR count). The largest absolute Gasteiger partial charge is 0.323 e. The van der Waals surface area contributed by atoms with Crippen molar-refractivity contribution in [3.63, 3.8) is 0 Å². The van der Waals surface area contributed by atoms with Gasteiger partial charge in [0.15, 0.2) is 5.82 Å². The van der Waals surface area contributed by atoms with Gasteiger partial charge in [-0.25, -0.2) is 4.68 Å². The van der Waals surface area contributed by atoms with E-state index in [-0.39, 0.29) is 12.5 Å². The van der Waals surface area contributed by atoms with Gasteiger partial charge in [-0.05, 0) is 35.5 Å². The lowest BCUT2D eigenvalue weighted by Gasteiger charge is -2.08. The lowest BCUT2D eigenvalue weighted by molar-refractivity contribution is -0.116. The minimum Gasteiger partial charge on any atom is -0.323 e. The number of rotatable bonds is 4. The highest BCUT2D eigenvalue weighted by Crippen LogP contribution is 2.25. The Morgan fingerprint density at radius 3 is 2.62 bits per heavy atom. The summed E-state index contributed by atoms with van der Waals surface area (Å²) in [6.45, 7) is 1.96. The van der Waals surface area contributed by atoms with Crippen LogP contribution in [0.3, 0.4) is 0 Å². The molecule has 0 atom stereocenters. The number of aryl methyl sites for hydroxylation is 1. The molecule has 0 aliphatic carbocycles. The smallest absolute Gasteiger partial charge is 0.246 e. The zero-order valence-corrected chi connectivity index (χ0v) is 14.2. The number of anilines is 1. The maximum Gasteiger partial charge on any atom is 0.246 e. The number of halogens is 2. The zero-order chi connectivity index (χ0) is 17.1. The van der Waals surface area contributed by atoms with Crippen molar-refractivity contribution in [3.8, 4) is 11.4 Å². The number of carbonyl (C=O) groups excluding carboxylic acids is 1. The fraction of sp³-hybridized carbons (Fsp3) is 0.125. The molecule has 6 nitrogen and oxygen atoms in total. The van der Waals surface area contributed by atoms with Crippen molar-refractivity contribution in [2.75, 3.05) is 5.32 Å². The van der Waals surface area contributed by atoms with Crippen molar-refractivity contribution >= 4 is 34.8 Å². The number of hydrogen-bond donors (Lipinski definition) is 1. The van der Waals surface area contributed by atoms with Crippen LogP contribution in [0.4, 0.5) is 5.69 Å². The van der Waals surface area contributed by atoms with Crippen LogP contribution in [-0.4, -0.2) is 26.1 Å². The third kappa shape index (κ3) is 3.72. The highest BCUT2D eigenvalue weighted by Gasteiger charge is 2.13. The van der Waals surface area contributed by atoms with E-state index in [4.69, 9.17) is 23.2 Å². The SMILES string of the molecule is Cc1ccc(-c2nnnn2CC(=O)Nc2ccc(Cl)cc2Cl)cc1. The van der Waals surface area contributed by atoms with Crippen molar-refractivity contribution in [1.82, 2.24) is 20.2 Å². The maximum atomic E-state index is 12.2. The van der Waals surface area contributed by atoms with Gasteiger partial charge in [-0.1, -0.05) is 53.0 Å². The fourth-order valence-corrected chi connectivity index (χ4v) is 2.59. The quantitative estimate of drug-likeness (QED) is 0.770. The third-order valence-corrected chi connectivity index (χ3v) is 3.89. The summed E-state index contributed by atoms with van der Waals surface area (Å²) in [5.41, 5.74) is 2.45. The van der Waals surface area contributed by atoms with Crippen molar-refractivity contribution < 1.29 is 4.79 Å². The molecule has 122 valence electrons. The second-order valence-electron chi connectivity index (χ2n) is 5.20. The van der Waals surface area contributed by atoms with Crippen LogP contribution >= 0.6 is 23.2 Å². The predicted octanol–water partition coefficient (Wildman–Crippen LogP) is 3.59. The van der Waals surface area contributed by atoms with E-state index in [0.717, 1.165) is 11.1 Å². The summed E-state index contributed by atoms with van der Waals surface area (Å²) in [7, 11) is 0. The molecular weight excluding hydrogens is 349 g/mol. The molecule has 8 heteroatoms. The molecule has 0 fully saturated rings. The first kappa shape index (κ1) is 16.4. The van der Waals surface area contributed by atoms with Crippen molar-refractivity contribution in [3.05, 3.63) is 58.1 Å². The molecule has 1 heterocycles. The number of benzene rings is 2. The second kappa shape index (κ2) is 6.98. The molecule has 24 heavy (non-hydrogen) atoms. The second-order valence-corrected chi connectivity index (χ2v) is 6.04. The number of hydrogen-bond acceptors (Lipinski definition) is 4. The van der Waals surface area contributed by atoms with Gasteiger partial charge in [-0.3, -0.25) is 4.79 Å². The molecule has 0 saturated heterocycles. The first-order valence-corrected chi connectivity index (χ1v) is 7.86. The van der Waals surface area contributed by atoms with Crippen LogP contribution in [0.25, 0.3) is 11.4 Å². The van der Waals surface area contributed by atoms with E-state index in [1.165, 1.54) is 4.68 Å². The maximum absolute atomic E-state index is 12.2. The van der Waals surface area contributed by atoms with Crippen LogP contribution in [0.5, 0.6) is 0 Å². The molecule has 1 N–H and O–H groups in total. The predicted molar refractivity (Wildman–Crippen MR) is 93.1 cm³/mol. The number of tetrazole rings is 1. The van der Waals surface area contributed by atoms with Gasteiger partial charge in [0.1, 0.15) is 6.54 Å². The first-order valence-electron chi connectivity index (χ1n) is 7.11. The number of aromatic nitrogens is 4. The molecule has 0 bridgehead atoms. The molecule has 0 aliphatic rings.